The standard InChI is InChI=1S/C15H13NO3S/c1-10-6-7-14(20-10)12(17)8-16-11-4-2-3-5-13(11)19-9-15(16)18/h2-7H,8-9H2,1H3. The number of benzene rings is 1. The van der Waals surface area contributed by atoms with Crippen molar-refractivity contribution in [1.82, 2.24) is 0 Å². The summed E-state index contributed by atoms with van der Waals surface area (Å²) in [6, 6.07) is 11.0. The lowest BCUT2D eigenvalue weighted by Crippen LogP contribution is -2.41. The summed E-state index contributed by atoms with van der Waals surface area (Å²) in [7, 11) is 0. The van der Waals surface area contributed by atoms with Crippen LogP contribution in [0.3, 0.4) is 0 Å². The number of para-hydroxylation sites is 2. The normalized spacial score (nSPS) is 13.8. The molecule has 1 aromatic carbocycles. The first kappa shape index (κ1) is 12.9. The van der Waals surface area contributed by atoms with Crippen LogP contribution < -0.4 is 9.64 Å². The molecule has 0 unspecified atom stereocenters. The number of anilines is 1. The molecule has 5 heteroatoms. The number of fused-ring (bicyclic) bond motifs is 1. The maximum atomic E-state index is 12.3. The van der Waals surface area contributed by atoms with Crippen molar-refractivity contribution in [1.29, 1.82) is 0 Å². The molecule has 0 aliphatic carbocycles. The van der Waals surface area contributed by atoms with Crippen molar-refractivity contribution in [2.45, 2.75) is 6.92 Å². The first-order valence-corrected chi connectivity index (χ1v) is 7.08. The molecule has 0 spiro atoms. The highest BCUT2D eigenvalue weighted by Gasteiger charge is 2.27. The van der Waals surface area contributed by atoms with Crippen LogP contribution in [0.4, 0.5) is 5.69 Å². The Morgan fingerprint density at radius 2 is 2.10 bits per heavy atom. The topological polar surface area (TPSA) is 46.6 Å². The van der Waals surface area contributed by atoms with Gasteiger partial charge in [-0.05, 0) is 31.2 Å². The molecular weight excluding hydrogens is 274 g/mol. The average molecular weight is 287 g/mol. The van der Waals surface area contributed by atoms with Gasteiger partial charge in [-0.1, -0.05) is 12.1 Å². The van der Waals surface area contributed by atoms with E-state index < -0.39 is 0 Å². The second kappa shape index (κ2) is 5.09. The van der Waals surface area contributed by atoms with Gasteiger partial charge in [-0.2, -0.15) is 0 Å². The van der Waals surface area contributed by atoms with E-state index in [0.717, 1.165) is 4.88 Å². The van der Waals surface area contributed by atoms with Gasteiger partial charge in [0.05, 0.1) is 17.1 Å². The van der Waals surface area contributed by atoms with Crippen LogP contribution in [-0.2, 0) is 4.79 Å². The molecule has 0 bridgehead atoms. The van der Waals surface area contributed by atoms with E-state index in [9.17, 15) is 9.59 Å². The molecule has 0 N–H and O–H groups in total. The predicted molar refractivity (Wildman–Crippen MR) is 77.7 cm³/mol. The highest BCUT2D eigenvalue weighted by Crippen LogP contribution is 2.31. The molecule has 0 saturated heterocycles. The summed E-state index contributed by atoms with van der Waals surface area (Å²) in [5.41, 5.74) is 0.658. The van der Waals surface area contributed by atoms with Gasteiger partial charge in [0.25, 0.3) is 5.91 Å². The molecule has 102 valence electrons. The summed E-state index contributed by atoms with van der Waals surface area (Å²) >= 11 is 1.45. The highest BCUT2D eigenvalue weighted by molar-refractivity contribution is 7.14. The van der Waals surface area contributed by atoms with Gasteiger partial charge in [-0.15, -0.1) is 11.3 Å². The number of Topliss-reactive ketones (excluding diaryl/α,β-unsaturated/α-hetero) is 1. The first-order chi connectivity index (χ1) is 9.65. The van der Waals surface area contributed by atoms with Crippen LogP contribution in [0.1, 0.15) is 14.5 Å². The maximum absolute atomic E-state index is 12.3. The Labute approximate surface area is 120 Å². The third kappa shape index (κ3) is 2.32. The van der Waals surface area contributed by atoms with Gasteiger partial charge in [-0.25, -0.2) is 0 Å². The molecule has 0 fully saturated rings. The van der Waals surface area contributed by atoms with Crippen LogP contribution in [-0.4, -0.2) is 24.8 Å². The number of hydrogen-bond acceptors (Lipinski definition) is 4. The number of ether oxygens (including phenoxy) is 1. The van der Waals surface area contributed by atoms with Crippen molar-refractivity contribution in [3.8, 4) is 5.75 Å². The van der Waals surface area contributed by atoms with Crippen molar-refractivity contribution in [2.75, 3.05) is 18.1 Å². The Kier molecular flexibility index (Phi) is 3.28. The minimum absolute atomic E-state index is 0.0201. The molecule has 1 aromatic heterocycles. The van der Waals surface area contributed by atoms with E-state index in [0.29, 0.717) is 16.3 Å². The first-order valence-electron chi connectivity index (χ1n) is 6.27. The van der Waals surface area contributed by atoms with E-state index in [4.69, 9.17) is 4.74 Å². The zero-order valence-corrected chi connectivity index (χ0v) is 11.8. The Balaban J connectivity index is 1.87. The molecule has 20 heavy (non-hydrogen) atoms. The van der Waals surface area contributed by atoms with E-state index in [-0.39, 0.29) is 24.8 Å². The molecule has 2 aromatic rings. The van der Waals surface area contributed by atoms with Crippen molar-refractivity contribution >= 4 is 28.7 Å². The lowest BCUT2D eigenvalue weighted by atomic mass is 10.2. The van der Waals surface area contributed by atoms with E-state index in [1.165, 1.54) is 16.2 Å². The number of carbonyl (C=O) groups is 2. The summed E-state index contributed by atoms with van der Waals surface area (Å²) in [5.74, 6) is 0.403. The van der Waals surface area contributed by atoms with Crippen LogP contribution in [0.15, 0.2) is 36.4 Å². The number of hydrogen-bond donors (Lipinski definition) is 0. The number of carbonyl (C=O) groups excluding carboxylic acids is 2. The zero-order chi connectivity index (χ0) is 14.1. The minimum atomic E-state index is -0.190. The summed E-state index contributed by atoms with van der Waals surface area (Å²) in [6.45, 7) is 1.99. The van der Waals surface area contributed by atoms with Gasteiger partial charge in [0.2, 0.25) is 0 Å². The Morgan fingerprint density at radius 3 is 2.85 bits per heavy atom. The molecule has 0 radical (unpaired) electrons. The molecule has 1 aliphatic heterocycles. The third-order valence-corrected chi connectivity index (χ3v) is 4.17. The van der Waals surface area contributed by atoms with Gasteiger partial charge >= 0.3 is 0 Å². The predicted octanol–water partition coefficient (Wildman–Crippen LogP) is 2.66. The number of amides is 1. The fraction of sp³-hybridized carbons (Fsp3) is 0.200. The lowest BCUT2D eigenvalue weighted by molar-refractivity contribution is -0.121. The van der Waals surface area contributed by atoms with Gasteiger partial charge in [0.1, 0.15) is 5.75 Å². The highest BCUT2D eigenvalue weighted by atomic mass is 32.1. The average Bonchev–Trinajstić information content (AvgIpc) is 2.89. The van der Waals surface area contributed by atoms with Crippen LogP contribution >= 0.6 is 11.3 Å². The van der Waals surface area contributed by atoms with Crippen molar-refractivity contribution in [3.63, 3.8) is 0 Å². The number of rotatable bonds is 3. The molecule has 0 atom stereocenters. The zero-order valence-electron chi connectivity index (χ0n) is 11.0. The van der Waals surface area contributed by atoms with Crippen LogP contribution in [0.5, 0.6) is 5.75 Å². The molecular formula is C15H13NO3S. The molecule has 3 rings (SSSR count). The SMILES string of the molecule is Cc1ccc(C(=O)CN2C(=O)COc3ccccc32)s1. The molecule has 4 nitrogen and oxygen atoms in total. The van der Waals surface area contributed by atoms with Gasteiger partial charge in [-0.3, -0.25) is 14.5 Å². The van der Waals surface area contributed by atoms with Crippen molar-refractivity contribution in [2.24, 2.45) is 0 Å². The number of ketones is 1. The van der Waals surface area contributed by atoms with Gasteiger partial charge in [0, 0.05) is 4.88 Å². The summed E-state index contributed by atoms with van der Waals surface area (Å²) < 4.78 is 5.36. The maximum Gasteiger partial charge on any atom is 0.265 e. The third-order valence-electron chi connectivity index (χ3n) is 3.13. The molecule has 0 saturated carbocycles. The smallest absolute Gasteiger partial charge is 0.265 e. The van der Waals surface area contributed by atoms with E-state index >= 15 is 0 Å². The van der Waals surface area contributed by atoms with Crippen LogP contribution in [0.25, 0.3) is 0 Å². The summed E-state index contributed by atoms with van der Waals surface area (Å²) in [5, 5.41) is 0. The lowest BCUT2D eigenvalue weighted by Gasteiger charge is -2.28. The number of thiophene rings is 1. The number of nitrogens with zero attached hydrogens (tertiary/aromatic N) is 1. The molecule has 2 heterocycles. The van der Waals surface area contributed by atoms with E-state index in [1.807, 2.05) is 25.1 Å². The largest absolute Gasteiger partial charge is 0.482 e. The van der Waals surface area contributed by atoms with Gasteiger partial charge < -0.3 is 4.74 Å². The Morgan fingerprint density at radius 1 is 1.30 bits per heavy atom. The van der Waals surface area contributed by atoms with Crippen molar-refractivity contribution in [3.05, 3.63) is 46.2 Å². The fourth-order valence-electron chi connectivity index (χ4n) is 2.13. The summed E-state index contributed by atoms with van der Waals surface area (Å²) in [6.07, 6.45) is 0. The Hall–Kier alpha value is -2.14. The quantitative estimate of drug-likeness (QED) is 0.815. The monoisotopic (exact) mass is 287 g/mol. The van der Waals surface area contributed by atoms with E-state index in [1.54, 1.807) is 18.2 Å². The summed E-state index contributed by atoms with van der Waals surface area (Å²) in [4.78, 5) is 27.5. The molecule has 1 amide bonds. The fourth-order valence-corrected chi connectivity index (χ4v) is 2.93. The molecule has 1 aliphatic rings. The van der Waals surface area contributed by atoms with Crippen LogP contribution in [0.2, 0.25) is 0 Å². The second-order valence-electron chi connectivity index (χ2n) is 4.57. The minimum Gasteiger partial charge on any atom is -0.482 e. The van der Waals surface area contributed by atoms with Crippen molar-refractivity contribution < 1.29 is 14.3 Å². The Bertz CT molecular complexity index is 677. The van der Waals surface area contributed by atoms with Gasteiger partial charge in [0.15, 0.2) is 12.4 Å². The van der Waals surface area contributed by atoms with E-state index in [2.05, 4.69) is 0 Å². The van der Waals surface area contributed by atoms with Crippen LogP contribution in [0, 0.1) is 6.92 Å². The second-order valence-corrected chi connectivity index (χ2v) is 5.86. The number of aryl methyl sites for hydroxylation is 1.